The van der Waals surface area contributed by atoms with E-state index in [9.17, 15) is 4.39 Å². The van der Waals surface area contributed by atoms with Crippen molar-refractivity contribution in [2.45, 2.75) is 42.4 Å². The fourth-order valence-electron chi connectivity index (χ4n) is 3.80. The van der Waals surface area contributed by atoms with Crippen molar-refractivity contribution >= 4 is 40.8 Å². The minimum atomic E-state index is -0.481. The predicted octanol–water partition coefficient (Wildman–Crippen LogP) is 6.14. The van der Waals surface area contributed by atoms with Crippen LogP contribution in [0.15, 0.2) is 41.7 Å². The molecule has 2 aromatic heterocycles. The lowest BCUT2D eigenvalue weighted by atomic mass is 10.1. The summed E-state index contributed by atoms with van der Waals surface area (Å²) >= 11 is 14.1. The first-order valence-corrected chi connectivity index (χ1v) is 11.9. The van der Waals surface area contributed by atoms with Crippen molar-refractivity contribution < 1.29 is 4.39 Å². The molecule has 9 heteroatoms. The first kappa shape index (κ1) is 22.4. The number of aromatic nitrogens is 3. The molecule has 4 rings (SSSR count). The summed E-state index contributed by atoms with van der Waals surface area (Å²) in [4.78, 5) is 5.19. The zero-order valence-electron chi connectivity index (χ0n) is 17.1. The van der Waals surface area contributed by atoms with Crippen LogP contribution in [0.5, 0.6) is 0 Å². The molecule has 1 aliphatic heterocycles. The average molecular weight is 480 g/mol. The number of nitrogens with zero attached hydrogens (tertiary/aromatic N) is 3. The lowest BCUT2D eigenvalue weighted by molar-refractivity contribution is 0.343. The number of anilines is 1. The smallest absolute Gasteiger partial charge is 0.142 e. The van der Waals surface area contributed by atoms with Gasteiger partial charge in [-0.1, -0.05) is 30.1 Å². The maximum Gasteiger partial charge on any atom is 0.142 e. The molecule has 0 amide bonds. The Labute approximate surface area is 195 Å². The fraction of sp³-hybridized carbons (Fsp3) is 0.364. The Morgan fingerprint density at radius 3 is 2.77 bits per heavy atom. The zero-order chi connectivity index (χ0) is 22.0. The highest BCUT2D eigenvalue weighted by atomic mass is 35.5. The van der Waals surface area contributed by atoms with E-state index in [-0.39, 0.29) is 10.3 Å². The predicted molar refractivity (Wildman–Crippen MR) is 126 cm³/mol. The maximum absolute atomic E-state index is 14.1. The van der Waals surface area contributed by atoms with Gasteiger partial charge in [-0.3, -0.25) is 4.68 Å². The van der Waals surface area contributed by atoms with Gasteiger partial charge in [0.15, 0.2) is 0 Å². The quantitative estimate of drug-likeness (QED) is 0.328. The Balaban J connectivity index is 1.61. The highest BCUT2D eigenvalue weighted by molar-refractivity contribution is 7.99. The topological polar surface area (TPSA) is 68.8 Å². The Morgan fingerprint density at radius 2 is 2.03 bits per heavy atom. The van der Waals surface area contributed by atoms with Crippen molar-refractivity contribution in [2.24, 2.45) is 0 Å². The summed E-state index contributed by atoms with van der Waals surface area (Å²) in [6.07, 6.45) is 8.51. The minimum absolute atomic E-state index is 0.0535. The number of hydrogen-bond acceptors (Lipinski definition) is 5. The monoisotopic (exact) mass is 479 g/mol. The van der Waals surface area contributed by atoms with E-state index < -0.39 is 5.82 Å². The third-order valence-electron chi connectivity index (χ3n) is 5.54. The second-order valence-corrected chi connectivity index (χ2v) is 9.60. The van der Waals surface area contributed by atoms with Gasteiger partial charge in [-0.2, -0.15) is 5.10 Å². The Bertz CT molecular complexity index is 1070. The fourth-order valence-corrected chi connectivity index (χ4v) is 5.77. The molecule has 164 valence electrons. The number of hydrogen-bond donors (Lipinski definition) is 2. The van der Waals surface area contributed by atoms with E-state index in [1.54, 1.807) is 6.20 Å². The number of nitrogen functional groups attached to an aromatic ring is 1. The van der Waals surface area contributed by atoms with Crippen LogP contribution >= 0.6 is 35.0 Å². The molecule has 3 N–H and O–H groups in total. The third-order valence-corrected chi connectivity index (χ3v) is 7.69. The molecule has 0 bridgehead atoms. The number of thioether (sulfide) groups is 1. The molecule has 3 aromatic rings. The van der Waals surface area contributed by atoms with Crippen molar-refractivity contribution in [3.05, 3.63) is 58.2 Å². The van der Waals surface area contributed by atoms with Crippen LogP contribution in [0.1, 0.15) is 43.0 Å². The highest BCUT2D eigenvalue weighted by Crippen LogP contribution is 2.46. The lowest BCUT2D eigenvalue weighted by Crippen LogP contribution is -2.29. The molecule has 1 saturated heterocycles. The van der Waals surface area contributed by atoms with Crippen LogP contribution in [0, 0.1) is 5.82 Å². The number of nitrogens with two attached hydrogens (primary N) is 1. The lowest BCUT2D eigenvalue weighted by Gasteiger charge is -2.22. The SMILES string of the molecule is CCC(Sc1cc(-c2cnn(C3CCNCC3)c2)cnc1N)c1c(Cl)ccc(F)c1Cl. The number of nitrogens with one attached hydrogen (secondary N) is 1. The van der Waals surface area contributed by atoms with E-state index in [0.717, 1.165) is 42.0 Å². The number of piperidine rings is 1. The van der Waals surface area contributed by atoms with Crippen molar-refractivity contribution in [3.63, 3.8) is 0 Å². The van der Waals surface area contributed by atoms with Crippen molar-refractivity contribution in [3.8, 4) is 11.1 Å². The molecule has 31 heavy (non-hydrogen) atoms. The summed E-state index contributed by atoms with van der Waals surface area (Å²) in [5.41, 5.74) is 8.68. The summed E-state index contributed by atoms with van der Waals surface area (Å²) in [7, 11) is 0. The molecule has 5 nitrogen and oxygen atoms in total. The first-order valence-electron chi connectivity index (χ1n) is 10.3. The van der Waals surface area contributed by atoms with Crippen molar-refractivity contribution in [2.75, 3.05) is 18.8 Å². The second kappa shape index (κ2) is 9.77. The molecule has 1 fully saturated rings. The summed E-state index contributed by atoms with van der Waals surface area (Å²) in [5.74, 6) is -0.0631. The van der Waals surface area contributed by atoms with Gasteiger partial charge in [0.25, 0.3) is 0 Å². The summed E-state index contributed by atoms with van der Waals surface area (Å²) < 4.78 is 16.1. The molecule has 0 radical (unpaired) electrons. The van der Waals surface area contributed by atoms with Crippen LogP contribution in [0.4, 0.5) is 10.2 Å². The number of pyridine rings is 1. The Hall–Kier alpha value is -1.80. The average Bonchev–Trinajstić information content (AvgIpc) is 3.28. The number of rotatable bonds is 6. The van der Waals surface area contributed by atoms with E-state index in [1.807, 2.05) is 23.9 Å². The molecule has 0 spiro atoms. The summed E-state index contributed by atoms with van der Waals surface area (Å²) in [6, 6.07) is 5.23. The highest BCUT2D eigenvalue weighted by Gasteiger charge is 2.22. The summed E-state index contributed by atoms with van der Waals surface area (Å²) in [5, 5.41) is 8.28. The van der Waals surface area contributed by atoms with Gasteiger partial charge < -0.3 is 11.1 Å². The first-order chi connectivity index (χ1) is 15.0. The number of benzene rings is 1. The van der Waals surface area contributed by atoms with Gasteiger partial charge >= 0.3 is 0 Å². The molecule has 1 aliphatic rings. The van der Waals surface area contributed by atoms with Crippen LogP contribution in [0.25, 0.3) is 11.1 Å². The largest absolute Gasteiger partial charge is 0.383 e. The van der Waals surface area contributed by atoms with E-state index in [0.29, 0.717) is 28.9 Å². The molecule has 3 heterocycles. The van der Waals surface area contributed by atoms with Crippen LogP contribution in [-0.2, 0) is 0 Å². The molecule has 0 aliphatic carbocycles. The second-order valence-electron chi connectivity index (χ2n) is 7.57. The van der Waals surface area contributed by atoms with Crippen LogP contribution < -0.4 is 11.1 Å². The van der Waals surface area contributed by atoms with Gasteiger partial charge in [0.1, 0.15) is 11.6 Å². The van der Waals surface area contributed by atoms with Gasteiger partial charge in [0.05, 0.1) is 22.2 Å². The molecule has 1 aromatic carbocycles. The summed E-state index contributed by atoms with van der Waals surface area (Å²) in [6.45, 7) is 4.02. The van der Waals surface area contributed by atoms with Crippen LogP contribution in [0.3, 0.4) is 0 Å². The Morgan fingerprint density at radius 1 is 1.26 bits per heavy atom. The van der Waals surface area contributed by atoms with Gasteiger partial charge in [0.2, 0.25) is 0 Å². The van der Waals surface area contributed by atoms with E-state index >= 15 is 0 Å². The molecule has 1 atom stereocenters. The van der Waals surface area contributed by atoms with E-state index in [1.165, 1.54) is 23.9 Å². The minimum Gasteiger partial charge on any atom is -0.383 e. The van der Waals surface area contributed by atoms with E-state index in [4.69, 9.17) is 28.9 Å². The van der Waals surface area contributed by atoms with Gasteiger partial charge in [-0.25, -0.2) is 9.37 Å². The normalized spacial score (nSPS) is 15.9. The van der Waals surface area contributed by atoms with E-state index in [2.05, 4.69) is 21.6 Å². The van der Waals surface area contributed by atoms with Gasteiger partial charge in [-0.05, 0) is 50.6 Å². The molecule has 1 unspecified atom stereocenters. The standard InChI is InChI=1S/C22H24Cl2FN5S/c1-2-18(20-16(23)3-4-17(25)21(20)24)31-19-9-13(10-28-22(19)26)14-11-29-30(12-14)15-5-7-27-8-6-15/h3-4,9-12,15,18,27H,2,5-8H2,1H3,(H2,26,28). The van der Waals surface area contributed by atoms with Gasteiger partial charge in [-0.15, -0.1) is 11.8 Å². The van der Waals surface area contributed by atoms with Crippen molar-refractivity contribution in [1.29, 1.82) is 0 Å². The van der Waals surface area contributed by atoms with Crippen LogP contribution in [-0.4, -0.2) is 27.9 Å². The molecular weight excluding hydrogens is 456 g/mol. The van der Waals surface area contributed by atoms with Crippen LogP contribution in [0.2, 0.25) is 10.0 Å². The zero-order valence-corrected chi connectivity index (χ0v) is 19.4. The number of halogens is 3. The van der Waals surface area contributed by atoms with Gasteiger partial charge in [0, 0.05) is 39.4 Å². The Kier molecular flexibility index (Phi) is 7.06. The third kappa shape index (κ3) is 4.85. The maximum atomic E-state index is 14.1. The molecular formula is C22H24Cl2FN5S. The molecule has 0 saturated carbocycles. The van der Waals surface area contributed by atoms with Crippen molar-refractivity contribution in [1.82, 2.24) is 20.1 Å².